The Morgan fingerprint density at radius 1 is 1.24 bits per heavy atom. The fraction of sp³-hybridized carbons (Fsp3) is 0.444. The number of aliphatic hydroxyl groups is 1. The number of aryl methyl sites for hydroxylation is 1. The van der Waals surface area contributed by atoms with Crippen LogP contribution in [0.4, 0.5) is 4.79 Å². The molecule has 2 rings (SSSR count). The van der Waals surface area contributed by atoms with E-state index in [1.807, 2.05) is 44.2 Å². The number of rotatable bonds is 9. The summed E-state index contributed by atoms with van der Waals surface area (Å²) in [6.07, 6.45) is 0.993. The van der Waals surface area contributed by atoms with Gasteiger partial charge in [0.25, 0.3) is 0 Å². The Morgan fingerprint density at radius 3 is 2.68 bits per heavy atom. The Kier molecular flexibility index (Phi) is 7.43. The van der Waals surface area contributed by atoms with Gasteiger partial charge in [0.1, 0.15) is 6.61 Å². The molecule has 0 aliphatic carbocycles. The van der Waals surface area contributed by atoms with Gasteiger partial charge in [-0.25, -0.2) is 4.79 Å². The highest BCUT2D eigenvalue weighted by atomic mass is 16.6. The third kappa shape index (κ3) is 5.88. The Morgan fingerprint density at radius 2 is 2.00 bits per heavy atom. The molecule has 0 aliphatic rings. The fourth-order valence-corrected chi connectivity index (χ4v) is 2.26. The summed E-state index contributed by atoms with van der Waals surface area (Å²) in [6, 6.07) is 9.42. The third-order valence-corrected chi connectivity index (χ3v) is 3.44. The molecule has 0 amide bonds. The normalized spacial score (nSPS) is 12.0. The van der Waals surface area contributed by atoms with Crippen LogP contribution in [-0.4, -0.2) is 40.5 Å². The first-order valence-corrected chi connectivity index (χ1v) is 8.36. The Hall–Kier alpha value is -2.38. The molecule has 7 heteroatoms. The van der Waals surface area contributed by atoms with E-state index in [2.05, 4.69) is 5.10 Å². The average molecular weight is 348 g/mol. The van der Waals surface area contributed by atoms with Crippen LogP contribution in [0, 0.1) is 0 Å². The zero-order valence-corrected chi connectivity index (χ0v) is 14.6. The largest absolute Gasteiger partial charge is 0.477 e. The van der Waals surface area contributed by atoms with Gasteiger partial charge in [0, 0.05) is 24.8 Å². The van der Waals surface area contributed by atoms with Crippen LogP contribution in [0.5, 0.6) is 5.88 Å². The van der Waals surface area contributed by atoms with Crippen molar-refractivity contribution in [1.82, 2.24) is 9.78 Å². The predicted octanol–water partition coefficient (Wildman–Crippen LogP) is 2.75. The molecule has 0 fully saturated rings. The van der Waals surface area contributed by atoms with E-state index in [1.165, 1.54) is 0 Å². The Labute approximate surface area is 147 Å². The van der Waals surface area contributed by atoms with Gasteiger partial charge in [0.2, 0.25) is 5.88 Å². The summed E-state index contributed by atoms with van der Waals surface area (Å²) < 4.78 is 16.9. The smallest absolute Gasteiger partial charge is 0.435 e. The SMILES string of the molecule is CCOc1nn(C(=O)OCc2ccccc2)cc1CCC(O)OCC. The first-order valence-electron chi connectivity index (χ1n) is 8.36. The van der Waals surface area contributed by atoms with Crippen LogP contribution in [0.2, 0.25) is 0 Å². The van der Waals surface area contributed by atoms with Gasteiger partial charge in [-0.05, 0) is 25.8 Å². The van der Waals surface area contributed by atoms with Crippen LogP contribution in [0.1, 0.15) is 31.4 Å². The maximum Gasteiger partial charge on any atom is 0.435 e. The molecule has 0 spiro atoms. The van der Waals surface area contributed by atoms with Crippen LogP contribution in [0.3, 0.4) is 0 Å². The topological polar surface area (TPSA) is 82.8 Å². The summed E-state index contributed by atoms with van der Waals surface area (Å²) in [7, 11) is 0. The minimum absolute atomic E-state index is 0.169. The molecule has 7 nitrogen and oxygen atoms in total. The van der Waals surface area contributed by atoms with Crippen LogP contribution >= 0.6 is 0 Å². The van der Waals surface area contributed by atoms with Gasteiger partial charge in [0.15, 0.2) is 6.29 Å². The van der Waals surface area contributed by atoms with Crippen molar-refractivity contribution in [2.24, 2.45) is 0 Å². The second-order valence-corrected chi connectivity index (χ2v) is 5.33. The molecule has 2 aromatic rings. The van der Waals surface area contributed by atoms with E-state index in [0.29, 0.717) is 31.9 Å². The number of nitrogens with zero attached hydrogens (tertiary/aromatic N) is 2. The van der Waals surface area contributed by atoms with Gasteiger partial charge in [-0.1, -0.05) is 30.3 Å². The van der Waals surface area contributed by atoms with Crippen molar-refractivity contribution in [3.63, 3.8) is 0 Å². The highest BCUT2D eigenvalue weighted by Gasteiger charge is 2.17. The van der Waals surface area contributed by atoms with Gasteiger partial charge >= 0.3 is 6.09 Å². The van der Waals surface area contributed by atoms with Crippen molar-refractivity contribution in [3.05, 3.63) is 47.7 Å². The molecule has 0 radical (unpaired) electrons. The van der Waals surface area contributed by atoms with Gasteiger partial charge in [0.05, 0.1) is 6.61 Å². The molecular formula is C18H24N2O5. The summed E-state index contributed by atoms with van der Waals surface area (Å²) in [6.45, 7) is 4.69. The maximum atomic E-state index is 12.2. The lowest BCUT2D eigenvalue weighted by atomic mass is 10.2. The van der Waals surface area contributed by atoms with Crippen LogP contribution in [-0.2, 0) is 22.5 Å². The highest BCUT2D eigenvalue weighted by Crippen LogP contribution is 2.19. The molecule has 0 saturated carbocycles. The predicted molar refractivity (Wildman–Crippen MR) is 91.4 cm³/mol. The van der Waals surface area contributed by atoms with E-state index in [-0.39, 0.29) is 6.61 Å². The van der Waals surface area contributed by atoms with E-state index in [4.69, 9.17) is 14.2 Å². The van der Waals surface area contributed by atoms with Crippen LogP contribution in [0.25, 0.3) is 0 Å². The van der Waals surface area contributed by atoms with Crippen molar-refractivity contribution in [2.75, 3.05) is 13.2 Å². The lowest BCUT2D eigenvalue weighted by Crippen LogP contribution is -2.14. The zero-order chi connectivity index (χ0) is 18.1. The molecule has 0 aliphatic heterocycles. The van der Waals surface area contributed by atoms with Crippen molar-refractivity contribution in [3.8, 4) is 5.88 Å². The zero-order valence-electron chi connectivity index (χ0n) is 14.6. The van der Waals surface area contributed by atoms with E-state index >= 15 is 0 Å². The number of carbonyl (C=O) groups excluding carboxylic acids is 1. The number of aliphatic hydroxyl groups excluding tert-OH is 1. The lowest BCUT2D eigenvalue weighted by molar-refractivity contribution is -0.0980. The molecule has 1 heterocycles. The first kappa shape index (κ1) is 19.0. The van der Waals surface area contributed by atoms with Gasteiger partial charge in [-0.15, -0.1) is 5.10 Å². The minimum Gasteiger partial charge on any atom is -0.477 e. The van der Waals surface area contributed by atoms with Crippen molar-refractivity contribution >= 4 is 6.09 Å². The minimum atomic E-state index is -0.854. The lowest BCUT2D eigenvalue weighted by Gasteiger charge is -2.09. The summed E-state index contributed by atoms with van der Waals surface area (Å²) in [5.41, 5.74) is 1.62. The van der Waals surface area contributed by atoms with Crippen LogP contribution < -0.4 is 4.74 Å². The molecule has 0 saturated heterocycles. The van der Waals surface area contributed by atoms with Gasteiger partial charge < -0.3 is 19.3 Å². The molecule has 0 bridgehead atoms. The Balaban J connectivity index is 1.99. The molecular weight excluding hydrogens is 324 g/mol. The molecule has 1 aromatic heterocycles. The maximum absolute atomic E-state index is 12.2. The number of hydrogen-bond acceptors (Lipinski definition) is 6. The second-order valence-electron chi connectivity index (χ2n) is 5.33. The molecule has 1 unspecified atom stereocenters. The van der Waals surface area contributed by atoms with Crippen molar-refractivity contribution in [1.29, 1.82) is 0 Å². The molecule has 1 aromatic carbocycles. The second kappa shape index (κ2) is 9.80. The summed E-state index contributed by atoms with van der Waals surface area (Å²) in [4.78, 5) is 12.2. The van der Waals surface area contributed by atoms with Crippen molar-refractivity contribution in [2.45, 2.75) is 39.6 Å². The number of aromatic nitrogens is 2. The quantitative estimate of drug-likeness (QED) is 0.702. The molecule has 1 N–H and O–H groups in total. The first-order chi connectivity index (χ1) is 12.1. The number of hydrogen-bond donors (Lipinski definition) is 1. The van der Waals surface area contributed by atoms with E-state index in [1.54, 1.807) is 6.20 Å². The number of benzene rings is 1. The number of carbonyl (C=O) groups is 1. The molecule has 136 valence electrons. The average Bonchev–Trinajstić information content (AvgIpc) is 3.02. The summed E-state index contributed by atoms with van der Waals surface area (Å²) >= 11 is 0. The highest BCUT2D eigenvalue weighted by molar-refractivity contribution is 5.69. The summed E-state index contributed by atoms with van der Waals surface area (Å²) in [5, 5.41) is 13.8. The van der Waals surface area contributed by atoms with Crippen LogP contribution in [0.15, 0.2) is 36.5 Å². The fourth-order valence-electron chi connectivity index (χ4n) is 2.26. The summed E-state index contributed by atoms with van der Waals surface area (Å²) in [5.74, 6) is 0.364. The van der Waals surface area contributed by atoms with Crippen molar-refractivity contribution < 1.29 is 24.1 Å². The van der Waals surface area contributed by atoms with E-state index in [9.17, 15) is 9.90 Å². The standard InChI is InChI=1S/C18H24N2O5/c1-3-23-16(21)11-10-15-12-20(19-17(15)24-4-2)18(22)25-13-14-8-6-5-7-9-14/h5-9,12,16,21H,3-4,10-11,13H2,1-2H3. The third-order valence-electron chi connectivity index (χ3n) is 3.44. The van der Waals surface area contributed by atoms with Gasteiger partial charge in [-0.2, -0.15) is 4.68 Å². The monoisotopic (exact) mass is 348 g/mol. The Bertz CT molecular complexity index is 657. The van der Waals surface area contributed by atoms with E-state index in [0.717, 1.165) is 15.8 Å². The van der Waals surface area contributed by atoms with E-state index < -0.39 is 12.4 Å². The molecule has 25 heavy (non-hydrogen) atoms. The molecule has 1 atom stereocenters. The number of ether oxygens (including phenoxy) is 3. The van der Waals surface area contributed by atoms with Gasteiger partial charge in [-0.3, -0.25) is 0 Å².